The number of nitrogens with zero attached hydrogens (tertiary/aromatic N) is 1. The average molecular weight is 378 g/mol. The lowest BCUT2D eigenvalue weighted by atomic mass is 9.94. The van der Waals surface area contributed by atoms with Gasteiger partial charge in [-0.2, -0.15) is 0 Å². The van der Waals surface area contributed by atoms with Gasteiger partial charge in [0.05, 0.1) is 15.9 Å². The molecule has 0 fully saturated rings. The van der Waals surface area contributed by atoms with Gasteiger partial charge in [-0.3, -0.25) is 10.1 Å². The van der Waals surface area contributed by atoms with Crippen LogP contribution in [0.1, 0.15) is 0 Å². The van der Waals surface area contributed by atoms with Gasteiger partial charge in [0.1, 0.15) is 0 Å². The summed E-state index contributed by atoms with van der Waals surface area (Å²) in [6, 6.07) is 23.0. The van der Waals surface area contributed by atoms with Crippen molar-refractivity contribution in [2.24, 2.45) is 0 Å². The van der Waals surface area contributed by atoms with E-state index < -0.39 is 0 Å². The monoisotopic (exact) mass is 377 g/mol. The van der Waals surface area contributed by atoms with Gasteiger partial charge in [-0.1, -0.05) is 70.5 Å². The predicted octanol–water partition coefficient (Wildman–Crippen LogP) is 6.33. The number of nitro benzene ring substituents is 1. The molecule has 0 spiro atoms. The maximum absolute atomic E-state index is 11.8. The van der Waals surface area contributed by atoms with Crippen LogP contribution in [0.25, 0.3) is 32.7 Å². The fraction of sp³-hybridized carbons (Fsp3) is 0. The summed E-state index contributed by atoms with van der Waals surface area (Å²) in [5.41, 5.74) is 1.66. The first kappa shape index (κ1) is 14.8. The molecule has 4 aromatic rings. The molecular formula is C20H12BrNO2. The van der Waals surface area contributed by atoms with Crippen molar-refractivity contribution in [2.45, 2.75) is 0 Å². The topological polar surface area (TPSA) is 43.1 Å². The van der Waals surface area contributed by atoms with E-state index in [9.17, 15) is 10.1 Å². The third kappa shape index (κ3) is 2.27. The molecule has 0 N–H and O–H groups in total. The van der Waals surface area contributed by atoms with Crippen LogP contribution in [0.3, 0.4) is 0 Å². The second-order valence-electron chi connectivity index (χ2n) is 5.58. The van der Waals surface area contributed by atoms with E-state index in [2.05, 4.69) is 15.9 Å². The van der Waals surface area contributed by atoms with Crippen molar-refractivity contribution in [2.75, 3.05) is 0 Å². The van der Waals surface area contributed by atoms with Crippen LogP contribution in [0, 0.1) is 10.1 Å². The Kier molecular flexibility index (Phi) is 3.54. The lowest BCUT2D eigenvalue weighted by Gasteiger charge is -2.11. The largest absolute Gasteiger partial charge is 0.284 e. The molecule has 0 aromatic heterocycles. The minimum absolute atomic E-state index is 0.153. The number of nitro groups is 1. The molecule has 0 saturated heterocycles. The smallest absolute Gasteiger partial charge is 0.258 e. The number of fused-ring (bicyclic) bond motifs is 2. The fourth-order valence-electron chi connectivity index (χ4n) is 3.17. The molecule has 3 nitrogen and oxygen atoms in total. The van der Waals surface area contributed by atoms with Crippen LogP contribution in [0.5, 0.6) is 0 Å². The molecule has 0 saturated carbocycles. The molecule has 0 bridgehead atoms. The van der Waals surface area contributed by atoms with Crippen LogP contribution < -0.4 is 0 Å². The quantitative estimate of drug-likeness (QED) is 0.302. The summed E-state index contributed by atoms with van der Waals surface area (Å²) in [7, 11) is 0. The van der Waals surface area contributed by atoms with Gasteiger partial charge in [0.2, 0.25) is 0 Å². The van der Waals surface area contributed by atoms with Crippen molar-refractivity contribution in [1.29, 1.82) is 0 Å². The van der Waals surface area contributed by atoms with Gasteiger partial charge < -0.3 is 0 Å². The van der Waals surface area contributed by atoms with Gasteiger partial charge in [-0.05, 0) is 39.9 Å². The summed E-state index contributed by atoms with van der Waals surface area (Å²) in [6.45, 7) is 0. The third-order valence-corrected chi connectivity index (χ3v) is 4.94. The van der Waals surface area contributed by atoms with Crippen LogP contribution in [-0.2, 0) is 0 Å². The first-order valence-corrected chi connectivity index (χ1v) is 8.30. The number of hydrogen-bond acceptors (Lipinski definition) is 2. The molecule has 4 rings (SSSR count). The lowest BCUT2D eigenvalue weighted by Crippen LogP contribution is -1.94. The molecular weight excluding hydrogens is 366 g/mol. The van der Waals surface area contributed by atoms with Crippen molar-refractivity contribution < 1.29 is 4.92 Å². The SMILES string of the molecule is O=[N+]([O-])c1c(-c2ccc(Br)c3ccccc23)ccc2ccccc12. The molecule has 4 heteroatoms. The predicted molar refractivity (Wildman–Crippen MR) is 101 cm³/mol. The average Bonchev–Trinajstić information content (AvgIpc) is 2.61. The van der Waals surface area contributed by atoms with E-state index in [4.69, 9.17) is 0 Å². The molecule has 0 atom stereocenters. The molecule has 0 unspecified atom stereocenters. The Morgan fingerprint density at radius 2 is 1.33 bits per heavy atom. The Morgan fingerprint density at radius 1 is 0.708 bits per heavy atom. The van der Waals surface area contributed by atoms with E-state index in [1.807, 2.05) is 66.7 Å². The van der Waals surface area contributed by atoms with Gasteiger partial charge in [0.15, 0.2) is 0 Å². The zero-order chi connectivity index (χ0) is 16.7. The highest BCUT2D eigenvalue weighted by Crippen LogP contribution is 2.40. The fourth-order valence-corrected chi connectivity index (χ4v) is 3.64. The van der Waals surface area contributed by atoms with Gasteiger partial charge in [-0.25, -0.2) is 0 Å². The molecule has 116 valence electrons. The Morgan fingerprint density at radius 3 is 2.08 bits per heavy atom. The zero-order valence-electron chi connectivity index (χ0n) is 12.6. The number of rotatable bonds is 2. The highest BCUT2D eigenvalue weighted by molar-refractivity contribution is 9.10. The minimum atomic E-state index is -0.283. The van der Waals surface area contributed by atoms with E-state index in [1.54, 1.807) is 6.07 Å². The van der Waals surface area contributed by atoms with Crippen molar-refractivity contribution >= 4 is 43.2 Å². The third-order valence-electron chi connectivity index (χ3n) is 4.24. The van der Waals surface area contributed by atoms with Gasteiger partial charge in [-0.15, -0.1) is 0 Å². The maximum atomic E-state index is 11.8. The molecule has 4 aromatic carbocycles. The van der Waals surface area contributed by atoms with Crippen molar-refractivity contribution in [1.82, 2.24) is 0 Å². The summed E-state index contributed by atoms with van der Waals surface area (Å²) in [4.78, 5) is 11.5. The van der Waals surface area contributed by atoms with E-state index in [1.165, 1.54) is 0 Å². The van der Waals surface area contributed by atoms with Gasteiger partial charge in [0.25, 0.3) is 5.69 Å². The molecule has 0 aliphatic heterocycles. The van der Waals surface area contributed by atoms with Gasteiger partial charge >= 0.3 is 0 Å². The highest BCUT2D eigenvalue weighted by Gasteiger charge is 2.21. The highest BCUT2D eigenvalue weighted by atomic mass is 79.9. The zero-order valence-corrected chi connectivity index (χ0v) is 14.2. The van der Waals surface area contributed by atoms with Crippen molar-refractivity contribution in [3.05, 3.63) is 87.4 Å². The Labute approximate surface area is 146 Å². The summed E-state index contributed by atoms with van der Waals surface area (Å²) >= 11 is 3.56. The Balaban J connectivity index is 2.13. The van der Waals surface area contributed by atoms with Crippen LogP contribution in [0.2, 0.25) is 0 Å². The first-order valence-electron chi connectivity index (χ1n) is 7.50. The second kappa shape index (κ2) is 5.73. The van der Waals surface area contributed by atoms with Crippen molar-refractivity contribution in [3.8, 4) is 11.1 Å². The first-order chi connectivity index (χ1) is 11.7. The lowest BCUT2D eigenvalue weighted by molar-refractivity contribution is -0.382. The van der Waals surface area contributed by atoms with E-state index in [-0.39, 0.29) is 10.6 Å². The van der Waals surface area contributed by atoms with E-state index in [0.29, 0.717) is 10.9 Å². The number of halogens is 1. The maximum Gasteiger partial charge on any atom is 0.284 e. The van der Waals surface area contributed by atoms with E-state index >= 15 is 0 Å². The van der Waals surface area contributed by atoms with Crippen LogP contribution >= 0.6 is 15.9 Å². The van der Waals surface area contributed by atoms with E-state index in [0.717, 1.165) is 26.2 Å². The molecule has 0 heterocycles. The summed E-state index contributed by atoms with van der Waals surface area (Å²) in [5.74, 6) is 0. The molecule has 0 aliphatic rings. The van der Waals surface area contributed by atoms with Crippen LogP contribution in [0.4, 0.5) is 5.69 Å². The van der Waals surface area contributed by atoms with Crippen LogP contribution in [0.15, 0.2) is 77.3 Å². The Hall–Kier alpha value is -2.72. The number of hydrogen-bond donors (Lipinski definition) is 0. The number of benzene rings is 4. The minimum Gasteiger partial charge on any atom is -0.258 e. The normalized spacial score (nSPS) is 11.0. The second-order valence-corrected chi connectivity index (χ2v) is 6.43. The molecule has 0 amide bonds. The van der Waals surface area contributed by atoms with Crippen LogP contribution in [-0.4, -0.2) is 4.92 Å². The molecule has 24 heavy (non-hydrogen) atoms. The van der Waals surface area contributed by atoms with Gasteiger partial charge in [0, 0.05) is 4.47 Å². The summed E-state index contributed by atoms with van der Waals surface area (Å²) in [5, 5.41) is 15.4. The molecule has 0 radical (unpaired) electrons. The van der Waals surface area contributed by atoms with Crippen molar-refractivity contribution in [3.63, 3.8) is 0 Å². The summed E-state index contributed by atoms with van der Waals surface area (Å²) in [6.07, 6.45) is 0. The standard InChI is InChI=1S/C20H12BrNO2/c21-19-12-11-16(15-7-3-4-8-17(15)19)18-10-9-13-5-1-2-6-14(13)20(18)22(23)24/h1-12H. The molecule has 0 aliphatic carbocycles. The Bertz CT molecular complexity index is 1110. The summed E-state index contributed by atoms with van der Waals surface area (Å²) < 4.78 is 0.977.